The summed E-state index contributed by atoms with van der Waals surface area (Å²) in [5, 5.41) is 0. The predicted octanol–water partition coefficient (Wildman–Crippen LogP) is 4.13. The van der Waals surface area contributed by atoms with Crippen molar-refractivity contribution in [1.82, 2.24) is 4.57 Å². The minimum Gasteiger partial charge on any atom is -0.371 e. The van der Waals surface area contributed by atoms with E-state index in [9.17, 15) is 9.59 Å². The molecule has 3 aromatic rings. The summed E-state index contributed by atoms with van der Waals surface area (Å²) in [5.74, 6) is -0.498. The average Bonchev–Trinajstić information content (AvgIpc) is 3.37. The Morgan fingerprint density at radius 2 is 1.21 bits per heavy atom. The maximum Gasteiger partial charge on any atom is 0.266 e. The van der Waals surface area contributed by atoms with Gasteiger partial charge in [-0.05, 0) is 61.4 Å². The Kier molecular flexibility index (Phi) is 4.01. The van der Waals surface area contributed by atoms with Gasteiger partial charge in [0, 0.05) is 37.2 Å². The largest absolute Gasteiger partial charge is 0.371 e. The molecule has 3 heterocycles. The molecule has 2 aliphatic rings. The van der Waals surface area contributed by atoms with Crippen molar-refractivity contribution < 1.29 is 9.59 Å². The molecule has 1 saturated heterocycles. The first-order valence-electron chi connectivity index (χ1n) is 9.67. The maximum absolute atomic E-state index is 12.6. The van der Waals surface area contributed by atoms with Gasteiger partial charge in [-0.1, -0.05) is 12.1 Å². The quantitative estimate of drug-likeness (QED) is 0.651. The van der Waals surface area contributed by atoms with E-state index in [1.165, 1.54) is 4.90 Å². The molecule has 0 aliphatic carbocycles. The van der Waals surface area contributed by atoms with E-state index in [1.807, 2.05) is 24.3 Å². The third-order valence-electron chi connectivity index (χ3n) is 5.78. The predicted molar refractivity (Wildman–Crippen MR) is 109 cm³/mol. The van der Waals surface area contributed by atoms with Crippen LogP contribution in [-0.2, 0) is 0 Å². The molecule has 1 aromatic heterocycles. The molecule has 140 valence electrons. The number of carbonyl (C=O) groups excluding carboxylic acids is 2. The highest BCUT2D eigenvalue weighted by Crippen LogP contribution is 2.31. The molecule has 0 atom stereocenters. The molecule has 5 rings (SSSR count). The van der Waals surface area contributed by atoms with Gasteiger partial charge in [-0.15, -0.1) is 0 Å². The number of fused-ring (bicyclic) bond motifs is 1. The Hall–Kier alpha value is -3.34. The van der Waals surface area contributed by atoms with Crippen LogP contribution in [0.15, 0.2) is 73.1 Å². The standard InChI is InChI=1S/C23H21N3O2/c27-22-20-5-1-2-6-21(20)23(28)26(22)19-9-7-17(8-10-19)25-15-11-18(12-16-25)24-13-3-4-14-24/h1-10,13-14,18H,11-12,15-16H2. The summed E-state index contributed by atoms with van der Waals surface area (Å²) in [6.45, 7) is 1.99. The second kappa shape index (κ2) is 6.68. The van der Waals surface area contributed by atoms with Gasteiger partial charge in [0.05, 0.1) is 16.8 Å². The second-order valence-corrected chi connectivity index (χ2v) is 7.36. The highest BCUT2D eigenvalue weighted by atomic mass is 16.2. The van der Waals surface area contributed by atoms with Crippen molar-refractivity contribution in [2.24, 2.45) is 0 Å². The highest BCUT2D eigenvalue weighted by Gasteiger charge is 2.36. The Morgan fingerprint density at radius 1 is 0.679 bits per heavy atom. The number of nitrogens with zero attached hydrogens (tertiary/aromatic N) is 3. The Morgan fingerprint density at radius 3 is 1.79 bits per heavy atom. The van der Waals surface area contributed by atoms with Crippen molar-refractivity contribution in [3.63, 3.8) is 0 Å². The Labute approximate surface area is 163 Å². The first-order valence-corrected chi connectivity index (χ1v) is 9.67. The van der Waals surface area contributed by atoms with Crippen molar-refractivity contribution in [3.05, 3.63) is 84.2 Å². The summed E-state index contributed by atoms with van der Waals surface area (Å²) < 4.78 is 2.29. The van der Waals surface area contributed by atoms with E-state index in [4.69, 9.17) is 0 Å². The number of piperidine rings is 1. The first kappa shape index (κ1) is 16.8. The van der Waals surface area contributed by atoms with E-state index in [1.54, 1.807) is 24.3 Å². The van der Waals surface area contributed by atoms with E-state index < -0.39 is 0 Å². The summed E-state index contributed by atoms with van der Waals surface area (Å²) in [5.41, 5.74) is 2.70. The van der Waals surface area contributed by atoms with Crippen LogP contribution in [0.1, 0.15) is 39.6 Å². The smallest absolute Gasteiger partial charge is 0.266 e. The minimum atomic E-state index is -0.249. The molecular weight excluding hydrogens is 350 g/mol. The molecule has 1 fully saturated rings. The average molecular weight is 371 g/mol. The fraction of sp³-hybridized carbons (Fsp3) is 0.217. The van der Waals surface area contributed by atoms with Crippen LogP contribution in [-0.4, -0.2) is 29.5 Å². The van der Waals surface area contributed by atoms with Crippen molar-refractivity contribution in [3.8, 4) is 0 Å². The third kappa shape index (κ3) is 2.71. The Bertz CT molecular complexity index is 981. The summed E-state index contributed by atoms with van der Waals surface area (Å²) in [6, 6.07) is 19.5. The van der Waals surface area contributed by atoms with Crippen LogP contribution < -0.4 is 9.80 Å². The number of aromatic nitrogens is 1. The van der Waals surface area contributed by atoms with Crippen molar-refractivity contribution in [1.29, 1.82) is 0 Å². The van der Waals surface area contributed by atoms with Gasteiger partial charge >= 0.3 is 0 Å². The van der Waals surface area contributed by atoms with Gasteiger partial charge < -0.3 is 9.47 Å². The molecule has 0 spiro atoms. The van der Waals surface area contributed by atoms with Gasteiger partial charge in [-0.25, -0.2) is 4.90 Å². The summed E-state index contributed by atoms with van der Waals surface area (Å²) >= 11 is 0. The molecule has 5 heteroatoms. The molecule has 0 unspecified atom stereocenters. The number of hydrogen-bond acceptors (Lipinski definition) is 3. The van der Waals surface area contributed by atoms with Crippen LogP contribution in [0.4, 0.5) is 11.4 Å². The zero-order valence-corrected chi connectivity index (χ0v) is 15.5. The van der Waals surface area contributed by atoms with Crippen LogP contribution in [0.5, 0.6) is 0 Å². The van der Waals surface area contributed by atoms with Crippen molar-refractivity contribution >= 4 is 23.2 Å². The van der Waals surface area contributed by atoms with Gasteiger partial charge in [0.1, 0.15) is 0 Å². The minimum absolute atomic E-state index is 0.249. The van der Waals surface area contributed by atoms with E-state index in [0.717, 1.165) is 31.6 Å². The summed E-state index contributed by atoms with van der Waals surface area (Å²) in [7, 11) is 0. The van der Waals surface area contributed by atoms with E-state index >= 15 is 0 Å². The van der Waals surface area contributed by atoms with Gasteiger partial charge in [-0.2, -0.15) is 0 Å². The fourth-order valence-electron chi connectivity index (χ4n) is 4.25. The number of amides is 2. The molecule has 28 heavy (non-hydrogen) atoms. The molecule has 2 aliphatic heterocycles. The molecular formula is C23H21N3O2. The van der Waals surface area contributed by atoms with Crippen molar-refractivity contribution in [2.45, 2.75) is 18.9 Å². The molecule has 0 saturated carbocycles. The van der Waals surface area contributed by atoms with E-state index in [2.05, 4.69) is 34.0 Å². The molecule has 2 amide bonds. The number of benzene rings is 2. The fourth-order valence-corrected chi connectivity index (χ4v) is 4.25. The third-order valence-corrected chi connectivity index (χ3v) is 5.78. The summed E-state index contributed by atoms with van der Waals surface area (Å²) in [4.78, 5) is 28.9. The molecule has 0 bridgehead atoms. The topological polar surface area (TPSA) is 45.6 Å². The number of imide groups is 1. The highest BCUT2D eigenvalue weighted by molar-refractivity contribution is 6.34. The number of rotatable bonds is 3. The number of anilines is 2. The maximum atomic E-state index is 12.6. The van der Waals surface area contributed by atoms with Crippen LogP contribution in [0.3, 0.4) is 0 Å². The molecule has 0 N–H and O–H groups in total. The van der Waals surface area contributed by atoms with E-state index in [-0.39, 0.29) is 11.8 Å². The van der Waals surface area contributed by atoms with Gasteiger partial charge in [0.15, 0.2) is 0 Å². The van der Waals surface area contributed by atoms with Crippen LogP contribution in [0.2, 0.25) is 0 Å². The van der Waals surface area contributed by atoms with Crippen LogP contribution >= 0.6 is 0 Å². The second-order valence-electron chi connectivity index (χ2n) is 7.36. The lowest BCUT2D eigenvalue weighted by molar-refractivity contribution is 0.0926. The van der Waals surface area contributed by atoms with E-state index in [0.29, 0.717) is 22.9 Å². The molecule has 0 radical (unpaired) electrons. The lowest BCUT2D eigenvalue weighted by Crippen LogP contribution is -2.34. The molecule has 2 aromatic carbocycles. The lowest BCUT2D eigenvalue weighted by atomic mass is 10.0. The van der Waals surface area contributed by atoms with Crippen LogP contribution in [0.25, 0.3) is 0 Å². The van der Waals surface area contributed by atoms with Gasteiger partial charge in [0.25, 0.3) is 11.8 Å². The Balaban J connectivity index is 1.31. The van der Waals surface area contributed by atoms with Gasteiger partial charge in [0.2, 0.25) is 0 Å². The zero-order chi connectivity index (χ0) is 19.1. The monoisotopic (exact) mass is 371 g/mol. The number of carbonyl (C=O) groups is 2. The zero-order valence-electron chi connectivity index (χ0n) is 15.5. The summed E-state index contributed by atoms with van der Waals surface area (Å²) in [6.07, 6.45) is 6.48. The van der Waals surface area contributed by atoms with Crippen molar-refractivity contribution in [2.75, 3.05) is 22.9 Å². The SMILES string of the molecule is O=C1c2ccccc2C(=O)N1c1ccc(N2CCC(n3cccc3)CC2)cc1. The molecule has 5 nitrogen and oxygen atoms in total. The normalized spacial score (nSPS) is 17.3. The lowest BCUT2D eigenvalue weighted by Gasteiger charge is -2.34. The van der Waals surface area contributed by atoms with Crippen LogP contribution in [0, 0.1) is 0 Å². The number of hydrogen-bond donors (Lipinski definition) is 0. The van der Waals surface area contributed by atoms with Gasteiger partial charge in [-0.3, -0.25) is 9.59 Å². The first-order chi connectivity index (χ1) is 13.7.